The van der Waals surface area contributed by atoms with Crippen molar-refractivity contribution in [2.45, 2.75) is 26.3 Å². The third-order valence-electron chi connectivity index (χ3n) is 2.47. The SMILES string of the molecule is CCCCNC(=O)COc1ccc(CN)c(Cl)c1. The zero-order chi connectivity index (χ0) is 13.4. The first-order valence-electron chi connectivity index (χ1n) is 6.05. The summed E-state index contributed by atoms with van der Waals surface area (Å²) in [6.07, 6.45) is 2.03. The Labute approximate surface area is 112 Å². The van der Waals surface area contributed by atoms with Crippen molar-refractivity contribution in [1.82, 2.24) is 5.32 Å². The Morgan fingerprint density at radius 2 is 2.28 bits per heavy atom. The Morgan fingerprint density at radius 3 is 2.89 bits per heavy atom. The minimum atomic E-state index is -0.123. The van der Waals surface area contributed by atoms with Crippen LogP contribution in [0.3, 0.4) is 0 Å². The average molecular weight is 271 g/mol. The highest BCUT2D eigenvalue weighted by atomic mass is 35.5. The van der Waals surface area contributed by atoms with Crippen molar-refractivity contribution in [2.75, 3.05) is 13.2 Å². The number of benzene rings is 1. The summed E-state index contributed by atoms with van der Waals surface area (Å²) >= 11 is 5.99. The lowest BCUT2D eigenvalue weighted by Crippen LogP contribution is -2.29. The van der Waals surface area contributed by atoms with Crippen molar-refractivity contribution >= 4 is 17.5 Å². The molecule has 4 nitrogen and oxygen atoms in total. The molecule has 3 N–H and O–H groups in total. The van der Waals surface area contributed by atoms with Crippen LogP contribution >= 0.6 is 11.6 Å². The Balaban J connectivity index is 2.39. The predicted octanol–water partition coefficient (Wildman–Crippen LogP) is 2.09. The molecule has 0 fully saturated rings. The maximum Gasteiger partial charge on any atom is 0.257 e. The molecule has 0 spiro atoms. The van der Waals surface area contributed by atoms with Crippen LogP contribution in [-0.4, -0.2) is 19.1 Å². The zero-order valence-corrected chi connectivity index (χ0v) is 11.3. The lowest BCUT2D eigenvalue weighted by atomic mass is 10.2. The number of hydrogen-bond acceptors (Lipinski definition) is 3. The van der Waals surface area contributed by atoms with Gasteiger partial charge in [-0.05, 0) is 24.1 Å². The largest absolute Gasteiger partial charge is 0.484 e. The molecule has 0 radical (unpaired) electrons. The Bertz CT molecular complexity index is 397. The number of unbranched alkanes of at least 4 members (excludes halogenated alkanes) is 1. The van der Waals surface area contributed by atoms with Crippen LogP contribution in [0.25, 0.3) is 0 Å². The average Bonchev–Trinajstić information content (AvgIpc) is 2.37. The summed E-state index contributed by atoms with van der Waals surface area (Å²) in [5.74, 6) is 0.449. The van der Waals surface area contributed by atoms with Crippen LogP contribution in [0.5, 0.6) is 5.75 Å². The Morgan fingerprint density at radius 1 is 1.50 bits per heavy atom. The lowest BCUT2D eigenvalue weighted by Gasteiger charge is -2.08. The van der Waals surface area contributed by atoms with E-state index in [2.05, 4.69) is 12.2 Å². The summed E-state index contributed by atoms with van der Waals surface area (Å²) in [5, 5.41) is 3.33. The number of ether oxygens (including phenoxy) is 1. The molecule has 0 heterocycles. The van der Waals surface area contributed by atoms with E-state index in [9.17, 15) is 4.79 Å². The second-order valence-corrected chi connectivity index (χ2v) is 4.36. The standard InChI is InChI=1S/C13H19ClN2O2/c1-2-3-6-16-13(17)9-18-11-5-4-10(8-15)12(14)7-11/h4-5,7H,2-3,6,8-9,15H2,1H3,(H,16,17). The first-order chi connectivity index (χ1) is 8.67. The quantitative estimate of drug-likeness (QED) is 0.746. The molecular weight excluding hydrogens is 252 g/mol. The van der Waals surface area contributed by atoms with Gasteiger partial charge >= 0.3 is 0 Å². The summed E-state index contributed by atoms with van der Waals surface area (Å²) < 4.78 is 5.34. The van der Waals surface area contributed by atoms with Crippen molar-refractivity contribution < 1.29 is 9.53 Å². The van der Waals surface area contributed by atoms with E-state index in [0.29, 0.717) is 23.9 Å². The van der Waals surface area contributed by atoms with Crippen molar-refractivity contribution in [1.29, 1.82) is 0 Å². The maximum absolute atomic E-state index is 11.4. The molecule has 1 aromatic carbocycles. The number of halogens is 1. The Hall–Kier alpha value is -1.26. The normalized spacial score (nSPS) is 10.2. The van der Waals surface area contributed by atoms with Crippen LogP contribution in [0.15, 0.2) is 18.2 Å². The van der Waals surface area contributed by atoms with Gasteiger partial charge in [-0.25, -0.2) is 0 Å². The number of carbonyl (C=O) groups excluding carboxylic acids is 1. The van der Waals surface area contributed by atoms with Crippen molar-refractivity contribution in [3.8, 4) is 5.75 Å². The smallest absolute Gasteiger partial charge is 0.257 e. The third-order valence-corrected chi connectivity index (χ3v) is 2.82. The van der Waals surface area contributed by atoms with Gasteiger partial charge in [0.2, 0.25) is 0 Å². The van der Waals surface area contributed by atoms with Crippen LogP contribution in [0, 0.1) is 0 Å². The predicted molar refractivity (Wildman–Crippen MR) is 72.8 cm³/mol. The summed E-state index contributed by atoms with van der Waals surface area (Å²) in [6.45, 7) is 3.15. The highest BCUT2D eigenvalue weighted by Gasteiger charge is 2.04. The topological polar surface area (TPSA) is 64.3 Å². The van der Waals surface area contributed by atoms with E-state index in [-0.39, 0.29) is 12.5 Å². The van der Waals surface area contributed by atoms with Gasteiger partial charge in [-0.2, -0.15) is 0 Å². The molecule has 1 amide bonds. The van der Waals surface area contributed by atoms with Gasteiger partial charge in [0, 0.05) is 18.1 Å². The maximum atomic E-state index is 11.4. The van der Waals surface area contributed by atoms with E-state index in [1.807, 2.05) is 0 Å². The van der Waals surface area contributed by atoms with E-state index in [4.69, 9.17) is 22.1 Å². The molecule has 0 unspecified atom stereocenters. The minimum Gasteiger partial charge on any atom is -0.484 e. The molecule has 1 aromatic rings. The number of rotatable bonds is 7. The van der Waals surface area contributed by atoms with E-state index in [0.717, 1.165) is 18.4 Å². The molecule has 0 aliphatic carbocycles. The molecule has 100 valence electrons. The summed E-state index contributed by atoms with van der Waals surface area (Å²) in [7, 11) is 0. The molecule has 0 bridgehead atoms. The van der Waals surface area contributed by atoms with Gasteiger partial charge in [0.15, 0.2) is 6.61 Å². The summed E-state index contributed by atoms with van der Waals surface area (Å²) in [4.78, 5) is 11.4. The fraction of sp³-hybridized carbons (Fsp3) is 0.462. The van der Waals surface area contributed by atoms with Crippen LogP contribution in [0.2, 0.25) is 5.02 Å². The number of hydrogen-bond donors (Lipinski definition) is 2. The van der Waals surface area contributed by atoms with Gasteiger partial charge in [0.25, 0.3) is 5.91 Å². The first kappa shape index (κ1) is 14.8. The van der Waals surface area contributed by atoms with E-state index >= 15 is 0 Å². The lowest BCUT2D eigenvalue weighted by molar-refractivity contribution is -0.123. The van der Waals surface area contributed by atoms with Gasteiger partial charge in [0.1, 0.15) is 5.75 Å². The molecule has 0 aromatic heterocycles. The fourth-order valence-electron chi connectivity index (χ4n) is 1.39. The number of amides is 1. The molecule has 5 heteroatoms. The first-order valence-corrected chi connectivity index (χ1v) is 6.43. The van der Waals surface area contributed by atoms with Gasteiger partial charge in [-0.3, -0.25) is 4.79 Å². The molecule has 0 saturated heterocycles. The monoisotopic (exact) mass is 270 g/mol. The summed E-state index contributed by atoms with van der Waals surface area (Å²) in [5.41, 5.74) is 6.36. The fourth-order valence-corrected chi connectivity index (χ4v) is 1.64. The van der Waals surface area contributed by atoms with Gasteiger partial charge in [-0.1, -0.05) is 31.0 Å². The van der Waals surface area contributed by atoms with Gasteiger partial charge in [-0.15, -0.1) is 0 Å². The van der Waals surface area contributed by atoms with E-state index in [1.54, 1.807) is 18.2 Å². The molecule has 0 saturated carbocycles. The third kappa shape index (κ3) is 4.94. The molecule has 0 aliphatic rings. The number of carbonyl (C=O) groups is 1. The second kappa shape index (κ2) is 7.95. The van der Waals surface area contributed by atoms with Crippen LogP contribution < -0.4 is 15.8 Å². The molecular formula is C13H19ClN2O2. The van der Waals surface area contributed by atoms with Gasteiger partial charge < -0.3 is 15.8 Å². The van der Waals surface area contributed by atoms with Crippen LogP contribution in [0.1, 0.15) is 25.3 Å². The summed E-state index contributed by atoms with van der Waals surface area (Å²) in [6, 6.07) is 5.23. The van der Waals surface area contributed by atoms with Crippen molar-refractivity contribution in [3.05, 3.63) is 28.8 Å². The molecule has 18 heavy (non-hydrogen) atoms. The molecule has 0 aliphatic heterocycles. The van der Waals surface area contributed by atoms with Crippen LogP contribution in [-0.2, 0) is 11.3 Å². The molecule has 0 atom stereocenters. The van der Waals surface area contributed by atoms with E-state index in [1.165, 1.54) is 0 Å². The zero-order valence-electron chi connectivity index (χ0n) is 10.5. The number of nitrogens with one attached hydrogen (secondary N) is 1. The van der Waals surface area contributed by atoms with Crippen LogP contribution in [0.4, 0.5) is 0 Å². The second-order valence-electron chi connectivity index (χ2n) is 3.95. The van der Waals surface area contributed by atoms with Crippen molar-refractivity contribution in [3.63, 3.8) is 0 Å². The Kier molecular flexibility index (Phi) is 6.54. The highest BCUT2D eigenvalue weighted by Crippen LogP contribution is 2.22. The van der Waals surface area contributed by atoms with Crippen molar-refractivity contribution in [2.24, 2.45) is 5.73 Å². The highest BCUT2D eigenvalue weighted by molar-refractivity contribution is 6.31. The van der Waals surface area contributed by atoms with Gasteiger partial charge in [0.05, 0.1) is 0 Å². The number of nitrogens with two attached hydrogens (primary N) is 1. The van der Waals surface area contributed by atoms with E-state index < -0.39 is 0 Å². The minimum absolute atomic E-state index is 0.00200. The molecule has 1 rings (SSSR count).